The first-order chi connectivity index (χ1) is 6.33. The minimum atomic E-state index is 1.34. The molecule has 0 atom stereocenters. The summed E-state index contributed by atoms with van der Waals surface area (Å²) in [5, 5.41) is 0. The molecule has 1 heteroatoms. The molecule has 0 amide bonds. The molecule has 0 radical (unpaired) electrons. The summed E-state index contributed by atoms with van der Waals surface area (Å²) in [6.07, 6.45) is 2.09. The fourth-order valence-electron chi connectivity index (χ4n) is 0.742. The molecule has 76 valence electrons. The molecule has 0 nitrogen and oxygen atoms in total. The van der Waals surface area contributed by atoms with Crippen molar-refractivity contribution in [1.82, 2.24) is 0 Å². The molecule has 0 aliphatic rings. The highest BCUT2D eigenvalue weighted by atomic mass is 32.2. The van der Waals surface area contributed by atoms with Crippen LogP contribution < -0.4 is 0 Å². The van der Waals surface area contributed by atoms with Crippen LogP contribution >= 0.6 is 11.8 Å². The van der Waals surface area contributed by atoms with Crippen molar-refractivity contribution in [3.05, 3.63) is 29.8 Å². The molecule has 0 N–H and O–H groups in total. The highest BCUT2D eigenvalue weighted by Gasteiger charge is 1.86. The van der Waals surface area contributed by atoms with Crippen LogP contribution in [0, 0.1) is 6.92 Å². The maximum atomic E-state index is 2.19. The summed E-state index contributed by atoms with van der Waals surface area (Å²) in [4.78, 5) is 1.34. The van der Waals surface area contributed by atoms with Gasteiger partial charge >= 0.3 is 0 Å². The van der Waals surface area contributed by atoms with Crippen LogP contribution in [0.15, 0.2) is 29.2 Å². The third kappa shape index (κ3) is 7.92. The van der Waals surface area contributed by atoms with E-state index in [0.29, 0.717) is 0 Å². The smallest absolute Gasteiger partial charge is 0.00717 e. The monoisotopic (exact) mass is 198 g/mol. The Labute approximate surface area is 87.8 Å². The lowest BCUT2D eigenvalue weighted by atomic mass is 10.2. The van der Waals surface area contributed by atoms with Crippen molar-refractivity contribution in [3.8, 4) is 0 Å². The van der Waals surface area contributed by atoms with Crippen LogP contribution in [-0.2, 0) is 0 Å². The Balaban J connectivity index is 0. The molecule has 0 aromatic heterocycles. The van der Waals surface area contributed by atoms with Crippen molar-refractivity contribution in [2.75, 3.05) is 6.26 Å². The van der Waals surface area contributed by atoms with Gasteiger partial charge in [-0.2, -0.15) is 0 Å². The Morgan fingerprint density at radius 3 is 1.85 bits per heavy atom. The summed E-state index contributed by atoms with van der Waals surface area (Å²) in [5.41, 5.74) is 1.34. The van der Waals surface area contributed by atoms with Gasteiger partial charge in [0.2, 0.25) is 0 Å². The number of benzene rings is 1. The first-order valence-electron chi connectivity index (χ1n) is 4.93. The van der Waals surface area contributed by atoms with E-state index in [1.807, 2.05) is 27.7 Å². The zero-order chi connectivity index (χ0) is 10.7. The lowest BCUT2D eigenvalue weighted by molar-refractivity contribution is 1.36. The molecule has 1 aromatic carbocycles. The quantitative estimate of drug-likeness (QED) is 0.586. The van der Waals surface area contributed by atoms with Gasteiger partial charge in [0.05, 0.1) is 0 Å². The predicted octanol–water partition coefficient (Wildman–Crippen LogP) is 4.77. The molecule has 0 aliphatic heterocycles. The zero-order valence-electron chi connectivity index (χ0n) is 9.72. The van der Waals surface area contributed by atoms with Gasteiger partial charge in [-0.25, -0.2) is 0 Å². The largest absolute Gasteiger partial charge is 0.130 e. The summed E-state index contributed by atoms with van der Waals surface area (Å²) >= 11 is 1.78. The van der Waals surface area contributed by atoms with E-state index in [4.69, 9.17) is 0 Å². The van der Waals surface area contributed by atoms with E-state index >= 15 is 0 Å². The standard InChI is InChI=1S/C8H10S.2C2H6/c1-7-4-3-5-8(6-7)9-2;2*1-2/h3-6H,1-2H3;2*1-2H3. The molecule has 1 rings (SSSR count). The van der Waals surface area contributed by atoms with Gasteiger partial charge in [-0.3, -0.25) is 0 Å². The normalized spacial score (nSPS) is 7.54. The summed E-state index contributed by atoms with van der Waals surface area (Å²) in [7, 11) is 0. The van der Waals surface area contributed by atoms with E-state index in [1.54, 1.807) is 11.8 Å². The summed E-state index contributed by atoms with van der Waals surface area (Å²) in [6.45, 7) is 10.1. The maximum absolute atomic E-state index is 2.19. The highest BCUT2D eigenvalue weighted by Crippen LogP contribution is 2.14. The van der Waals surface area contributed by atoms with Gasteiger partial charge in [0, 0.05) is 4.90 Å². The van der Waals surface area contributed by atoms with Crippen LogP contribution in [0.5, 0.6) is 0 Å². The van der Waals surface area contributed by atoms with Crippen LogP contribution in [-0.4, -0.2) is 6.26 Å². The summed E-state index contributed by atoms with van der Waals surface area (Å²) in [6, 6.07) is 8.50. The van der Waals surface area contributed by atoms with Gasteiger partial charge in [0.1, 0.15) is 0 Å². The van der Waals surface area contributed by atoms with Crippen molar-refractivity contribution in [2.24, 2.45) is 0 Å². The Hall–Kier alpha value is -0.430. The SMILES string of the molecule is CC.CC.CSc1cccc(C)c1. The van der Waals surface area contributed by atoms with Gasteiger partial charge in [0.25, 0.3) is 0 Å². The average molecular weight is 198 g/mol. The topological polar surface area (TPSA) is 0 Å². The van der Waals surface area contributed by atoms with Gasteiger partial charge < -0.3 is 0 Å². The zero-order valence-corrected chi connectivity index (χ0v) is 10.5. The molecule has 13 heavy (non-hydrogen) atoms. The Bertz CT molecular complexity index is 194. The van der Waals surface area contributed by atoms with Gasteiger partial charge in [-0.1, -0.05) is 45.4 Å². The first kappa shape index (κ1) is 15.1. The average Bonchev–Trinajstić information content (AvgIpc) is 2.24. The molecule has 0 bridgehead atoms. The molecular formula is C12H22S. The van der Waals surface area contributed by atoms with Crippen molar-refractivity contribution in [1.29, 1.82) is 0 Å². The summed E-state index contributed by atoms with van der Waals surface area (Å²) in [5.74, 6) is 0. The molecule has 0 unspecified atom stereocenters. The molecule has 0 aliphatic carbocycles. The van der Waals surface area contributed by atoms with E-state index in [1.165, 1.54) is 10.5 Å². The van der Waals surface area contributed by atoms with Crippen molar-refractivity contribution >= 4 is 11.8 Å². The molecular weight excluding hydrogens is 176 g/mol. The first-order valence-corrected chi connectivity index (χ1v) is 6.16. The molecule has 0 saturated carbocycles. The third-order valence-corrected chi connectivity index (χ3v) is 1.95. The van der Waals surface area contributed by atoms with Crippen molar-refractivity contribution in [3.63, 3.8) is 0 Å². The van der Waals surface area contributed by atoms with E-state index in [-0.39, 0.29) is 0 Å². The van der Waals surface area contributed by atoms with Crippen molar-refractivity contribution < 1.29 is 0 Å². The van der Waals surface area contributed by atoms with Crippen LogP contribution in [0.2, 0.25) is 0 Å². The summed E-state index contributed by atoms with van der Waals surface area (Å²) < 4.78 is 0. The number of rotatable bonds is 1. The van der Waals surface area contributed by atoms with E-state index in [2.05, 4.69) is 37.4 Å². The number of hydrogen-bond acceptors (Lipinski definition) is 1. The fraction of sp³-hybridized carbons (Fsp3) is 0.500. The Morgan fingerprint density at radius 1 is 1.00 bits per heavy atom. The number of aryl methyl sites for hydroxylation is 1. The van der Waals surface area contributed by atoms with Crippen LogP contribution in [0.4, 0.5) is 0 Å². The van der Waals surface area contributed by atoms with Gasteiger partial charge in [0.15, 0.2) is 0 Å². The van der Waals surface area contributed by atoms with Gasteiger partial charge in [-0.05, 0) is 25.3 Å². The van der Waals surface area contributed by atoms with Crippen LogP contribution in [0.1, 0.15) is 33.3 Å². The molecule has 0 heterocycles. The Kier molecular flexibility index (Phi) is 13.4. The lowest BCUT2D eigenvalue weighted by Crippen LogP contribution is -1.71. The third-order valence-electron chi connectivity index (χ3n) is 1.23. The molecule has 0 fully saturated rings. The number of thioether (sulfide) groups is 1. The van der Waals surface area contributed by atoms with E-state index < -0.39 is 0 Å². The maximum Gasteiger partial charge on any atom is 0.00717 e. The molecule has 1 aromatic rings. The second kappa shape index (κ2) is 11.6. The molecule has 0 saturated heterocycles. The van der Waals surface area contributed by atoms with Crippen LogP contribution in [0.25, 0.3) is 0 Å². The lowest BCUT2D eigenvalue weighted by Gasteiger charge is -1.94. The predicted molar refractivity (Wildman–Crippen MR) is 65.7 cm³/mol. The van der Waals surface area contributed by atoms with E-state index in [9.17, 15) is 0 Å². The minimum absolute atomic E-state index is 1.34. The number of hydrogen-bond donors (Lipinski definition) is 0. The molecule has 0 spiro atoms. The van der Waals surface area contributed by atoms with Crippen LogP contribution in [0.3, 0.4) is 0 Å². The minimum Gasteiger partial charge on any atom is -0.130 e. The van der Waals surface area contributed by atoms with Gasteiger partial charge in [-0.15, -0.1) is 11.8 Å². The van der Waals surface area contributed by atoms with Crippen molar-refractivity contribution in [2.45, 2.75) is 39.5 Å². The van der Waals surface area contributed by atoms with E-state index in [0.717, 1.165) is 0 Å². The second-order valence-electron chi connectivity index (χ2n) is 2.02. The highest BCUT2D eigenvalue weighted by molar-refractivity contribution is 7.98. The fourth-order valence-corrected chi connectivity index (χ4v) is 1.26. The Morgan fingerprint density at radius 2 is 1.54 bits per heavy atom. The second-order valence-corrected chi connectivity index (χ2v) is 2.90.